The smallest absolute Gasteiger partial charge is 0.249 e. The molecule has 0 aliphatic rings. The number of rotatable bonds is 39. The van der Waals surface area contributed by atoms with E-state index in [1.54, 1.807) is 0 Å². The summed E-state index contributed by atoms with van der Waals surface area (Å²) in [5.41, 5.74) is 0. The van der Waals surface area contributed by atoms with Gasteiger partial charge in [0.05, 0.1) is 18.8 Å². The van der Waals surface area contributed by atoms with Gasteiger partial charge in [0.1, 0.15) is 12.2 Å². The van der Waals surface area contributed by atoms with Crippen molar-refractivity contribution >= 4 is 5.91 Å². The molecule has 0 rings (SSSR count). The molecule has 0 saturated carbocycles. The van der Waals surface area contributed by atoms with Gasteiger partial charge in [-0.3, -0.25) is 4.79 Å². The molecule has 1 amide bonds. The van der Waals surface area contributed by atoms with E-state index in [0.29, 0.717) is 19.3 Å². The van der Waals surface area contributed by atoms with Crippen molar-refractivity contribution in [2.24, 2.45) is 0 Å². The van der Waals surface area contributed by atoms with Gasteiger partial charge >= 0.3 is 0 Å². The van der Waals surface area contributed by atoms with Gasteiger partial charge in [-0.2, -0.15) is 0 Å². The number of carbonyl (C=O) groups excluding carboxylic acids is 1. The summed E-state index contributed by atoms with van der Waals surface area (Å²) in [7, 11) is 0. The fraction of sp³-hybridized carbons (Fsp3) is 0.804. The fourth-order valence-corrected chi connectivity index (χ4v) is 6.43. The highest BCUT2D eigenvalue weighted by Gasteiger charge is 2.28. The van der Waals surface area contributed by atoms with Crippen LogP contribution in [0.25, 0.3) is 0 Å². The molecule has 6 nitrogen and oxygen atoms in total. The van der Waals surface area contributed by atoms with Gasteiger partial charge in [-0.1, -0.05) is 165 Å². The molecule has 0 fully saturated rings. The monoisotopic (exact) mass is 732 g/mol. The summed E-state index contributed by atoms with van der Waals surface area (Å²) in [4.78, 5) is 12.5. The highest BCUT2D eigenvalue weighted by atomic mass is 16.3. The zero-order chi connectivity index (χ0) is 38.2. The van der Waals surface area contributed by atoms with Crippen LogP contribution in [0.15, 0.2) is 48.6 Å². The normalized spacial score (nSPS) is 14.7. The molecule has 0 saturated heterocycles. The summed E-state index contributed by atoms with van der Waals surface area (Å²) in [6, 6.07) is -1.01. The van der Waals surface area contributed by atoms with Crippen molar-refractivity contribution in [1.82, 2.24) is 5.32 Å². The van der Waals surface area contributed by atoms with Crippen molar-refractivity contribution < 1.29 is 25.2 Å². The van der Waals surface area contributed by atoms with Crippen LogP contribution >= 0.6 is 0 Å². The molecule has 4 atom stereocenters. The first kappa shape index (κ1) is 50.3. The van der Waals surface area contributed by atoms with Gasteiger partial charge in [-0.05, 0) is 89.9 Å². The van der Waals surface area contributed by atoms with E-state index in [1.165, 1.54) is 109 Å². The number of aliphatic hydroxyl groups is 4. The largest absolute Gasteiger partial charge is 0.394 e. The summed E-state index contributed by atoms with van der Waals surface area (Å²) in [6.45, 7) is 4.01. The van der Waals surface area contributed by atoms with E-state index in [2.05, 4.69) is 67.8 Å². The Hall–Kier alpha value is -1.73. The molecule has 0 aliphatic carbocycles. The first-order valence-electron chi connectivity index (χ1n) is 22.0. The summed E-state index contributed by atoms with van der Waals surface area (Å²) in [6.07, 6.45) is 48.5. The molecule has 5 N–H and O–H groups in total. The number of aliphatic hydroxyl groups excluding tert-OH is 4. The second-order valence-electron chi connectivity index (χ2n) is 15.0. The van der Waals surface area contributed by atoms with E-state index in [9.17, 15) is 25.2 Å². The fourth-order valence-electron chi connectivity index (χ4n) is 6.43. The van der Waals surface area contributed by atoms with E-state index in [1.807, 2.05) is 0 Å². The minimum Gasteiger partial charge on any atom is -0.394 e. The summed E-state index contributed by atoms with van der Waals surface area (Å²) in [5.74, 6) is -0.606. The lowest BCUT2D eigenvalue weighted by Gasteiger charge is -2.27. The van der Waals surface area contributed by atoms with Gasteiger partial charge in [0, 0.05) is 0 Å². The van der Waals surface area contributed by atoms with Crippen LogP contribution in [0.2, 0.25) is 0 Å². The van der Waals surface area contributed by atoms with Crippen molar-refractivity contribution in [3.63, 3.8) is 0 Å². The predicted octanol–water partition coefficient (Wildman–Crippen LogP) is 11.5. The van der Waals surface area contributed by atoms with Crippen molar-refractivity contribution in [1.29, 1.82) is 0 Å². The van der Waals surface area contributed by atoms with Gasteiger partial charge in [-0.15, -0.1) is 0 Å². The first-order chi connectivity index (χ1) is 25.5. The minimum atomic E-state index is -1.30. The van der Waals surface area contributed by atoms with Crippen molar-refractivity contribution in [3.05, 3.63) is 48.6 Å². The first-order valence-corrected chi connectivity index (χ1v) is 22.0. The number of unbranched alkanes of at least 4 members (excludes halogenated alkanes) is 22. The highest BCUT2D eigenvalue weighted by molar-refractivity contribution is 5.80. The summed E-state index contributed by atoms with van der Waals surface area (Å²) >= 11 is 0. The van der Waals surface area contributed by atoms with Crippen LogP contribution in [0.1, 0.15) is 206 Å². The second kappa shape index (κ2) is 40.5. The molecule has 304 valence electrons. The van der Waals surface area contributed by atoms with E-state index < -0.39 is 36.9 Å². The lowest BCUT2D eigenvalue weighted by molar-refractivity contribution is -0.132. The average Bonchev–Trinajstić information content (AvgIpc) is 3.15. The van der Waals surface area contributed by atoms with Crippen LogP contribution in [-0.4, -0.2) is 57.3 Å². The molecular formula is C46H85NO5. The maximum atomic E-state index is 12.5. The van der Waals surface area contributed by atoms with Crippen LogP contribution in [-0.2, 0) is 4.79 Å². The zero-order valence-corrected chi connectivity index (χ0v) is 34.0. The standard InChI is InChI=1S/C46H85NO5/c1-3-5-7-9-11-13-15-17-19-21-22-23-24-26-27-29-31-33-35-37-39-43(49)45(51)42(41-48)47-46(52)44(50)40-38-36-34-32-30-28-25-20-18-16-14-12-10-8-6-4-2/h18-21,24,26,31,33,42-45,48-51H,3-17,22-23,25,27-30,32,34-41H2,1-2H3,(H,47,52)/b20-18-,21-19+,26-24+,33-31+. The Bertz CT molecular complexity index is 869. The Morgan fingerprint density at radius 2 is 0.808 bits per heavy atom. The van der Waals surface area contributed by atoms with Crippen molar-refractivity contribution in [2.45, 2.75) is 231 Å². The number of hydrogen-bond acceptors (Lipinski definition) is 5. The molecule has 0 bridgehead atoms. The van der Waals surface area contributed by atoms with Gasteiger partial charge in [0.2, 0.25) is 5.91 Å². The van der Waals surface area contributed by atoms with E-state index in [-0.39, 0.29) is 0 Å². The maximum absolute atomic E-state index is 12.5. The average molecular weight is 732 g/mol. The molecule has 52 heavy (non-hydrogen) atoms. The lowest BCUT2D eigenvalue weighted by Crippen LogP contribution is -2.53. The maximum Gasteiger partial charge on any atom is 0.249 e. The lowest BCUT2D eigenvalue weighted by atomic mass is 10.00. The summed E-state index contributed by atoms with van der Waals surface area (Å²) < 4.78 is 0. The number of allylic oxidation sites excluding steroid dienone is 8. The molecule has 0 heterocycles. The third-order valence-corrected chi connectivity index (χ3v) is 9.97. The minimum absolute atomic E-state index is 0.350. The molecule has 0 radical (unpaired) electrons. The van der Waals surface area contributed by atoms with Crippen LogP contribution in [0.5, 0.6) is 0 Å². The Morgan fingerprint density at radius 1 is 0.462 bits per heavy atom. The van der Waals surface area contributed by atoms with Gasteiger partial charge in [-0.25, -0.2) is 0 Å². The number of hydrogen-bond donors (Lipinski definition) is 5. The zero-order valence-electron chi connectivity index (χ0n) is 34.0. The molecule has 0 aromatic rings. The van der Waals surface area contributed by atoms with E-state index in [4.69, 9.17) is 0 Å². The van der Waals surface area contributed by atoms with Crippen LogP contribution in [0, 0.1) is 0 Å². The Balaban J connectivity index is 3.85. The topological polar surface area (TPSA) is 110 Å². The quantitative estimate of drug-likeness (QED) is 0.0319. The van der Waals surface area contributed by atoms with Gasteiger partial charge in [0.25, 0.3) is 0 Å². The molecule has 0 aliphatic heterocycles. The Labute approximate surface area is 321 Å². The van der Waals surface area contributed by atoms with Crippen LogP contribution in [0.4, 0.5) is 0 Å². The van der Waals surface area contributed by atoms with Gasteiger partial charge < -0.3 is 25.7 Å². The highest BCUT2D eigenvalue weighted by Crippen LogP contribution is 2.14. The van der Waals surface area contributed by atoms with Crippen LogP contribution < -0.4 is 5.32 Å². The van der Waals surface area contributed by atoms with E-state index in [0.717, 1.165) is 64.2 Å². The van der Waals surface area contributed by atoms with Crippen molar-refractivity contribution in [2.75, 3.05) is 6.61 Å². The van der Waals surface area contributed by atoms with Gasteiger partial charge in [0.15, 0.2) is 0 Å². The number of carbonyl (C=O) groups is 1. The van der Waals surface area contributed by atoms with Crippen molar-refractivity contribution in [3.8, 4) is 0 Å². The third-order valence-electron chi connectivity index (χ3n) is 9.97. The molecule has 0 aromatic carbocycles. The number of nitrogens with one attached hydrogen (secondary N) is 1. The molecule has 6 heteroatoms. The van der Waals surface area contributed by atoms with Crippen LogP contribution in [0.3, 0.4) is 0 Å². The Kier molecular flexibility index (Phi) is 39.1. The molecule has 0 aromatic heterocycles. The molecule has 0 spiro atoms. The second-order valence-corrected chi connectivity index (χ2v) is 15.0. The third kappa shape index (κ3) is 34.1. The summed E-state index contributed by atoms with van der Waals surface area (Å²) in [5, 5.41) is 43.6. The SMILES string of the molecule is CCCCCCCC/C=C\CCCCCCCCC(O)C(=O)NC(CO)C(O)C(O)CCC/C=C/CC/C=C/CC/C=C/CCCCCCCCC. The number of amides is 1. The molecular weight excluding hydrogens is 647 g/mol. The molecule has 4 unspecified atom stereocenters. The van der Waals surface area contributed by atoms with E-state index >= 15 is 0 Å². The predicted molar refractivity (Wildman–Crippen MR) is 223 cm³/mol. The Morgan fingerprint density at radius 3 is 1.21 bits per heavy atom.